The van der Waals surface area contributed by atoms with Gasteiger partial charge in [-0.3, -0.25) is 0 Å². The van der Waals surface area contributed by atoms with E-state index in [-0.39, 0.29) is 0 Å². The zero-order valence-electron chi connectivity index (χ0n) is 16.7. The number of nitrogens with one attached hydrogen (secondary N) is 4. The van der Waals surface area contributed by atoms with E-state index in [9.17, 15) is 0 Å². The van der Waals surface area contributed by atoms with Gasteiger partial charge in [0.25, 0.3) is 0 Å². The first-order valence-electron chi connectivity index (χ1n) is 10.7. The molecular weight excluding hydrogens is 296 g/mol. The number of rotatable bonds is 21. The molecule has 4 N–H and O–H groups in total. The van der Waals surface area contributed by atoms with Crippen LogP contribution in [0.15, 0.2) is 0 Å². The molecule has 0 heterocycles. The van der Waals surface area contributed by atoms with Crippen molar-refractivity contribution in [1.29, 1.82) is 0 Å². The van der Waals surface area contributed by atoms with Crippen LogP contribution < -0.4 is 21.3 Å². The van der Waals surface area contributed by atoms with E-state index in [1.54, 1.807) is 0 Å². The first kappa shape index (κ1) is 23.8. The summed E-state index contributed by atoms with van der Waals surface area (Å²) in [5.74, 6) is 0. The fourth-order valence-electron chi connectivity index (χ4n) is 2.81. The SMILES string of the molecule is CCNCCCCNCCCCCCCCNCCCCNCC. The van der Waals surface area contributed by atoms with Crippen LogP contribution in [0.4, 0.5) is 0 Å². The summed E-state index contributed by atoms with van der Waals surface area (Å²) in [6.45, 7) is 13.7. The minimum absolute atomic E-state index is 1.10. The molecule has 4 nitrogen and oxygen atoms in total. The van der Waals surface area contributed by atoms with Crippen LogP contribution in [0.3, 0.4) is 0 Å². The second-order valence-electron chi connectivity index (χ2n) is 6.74. The molecule has 0 unspecified atom stereocenters. The van der Waals surface area contributed by atoms with Gasteiger partial charge in [0.1, 0.15) is 0 Å². The minimum atomic E-state index is 1.10. The summed E-state index contributed by atoms with van der Waals surface area (Å²) in [4.78, 5) is 0. The zero-order valence-corrected chi connectivity index (χ0v) is 16.7. The highest BCUT2D eigenvalue weighted by atomic mass is 14.9. The van der Waals surface area contributed by atoms with E-state index in [1.807, 2.05) is 0 Å². The molecule has 0 rings (SSSR count). The summed E-state index contributed by atoms with van der Waals surface area (Å²) in [7, 11) is 0. The van der Waals surface area contributed by atoms with Crippen LogP contribution in [0.1, 0.15) is 78.1 Å². The molecule has 0 aromatic heterocycles. The number of unbranched alkanes of at least 4 members (excludes halogenated alkanes) is 7. The van der Waals surface area contributed by atoms with Crippen molar-refractivity contribution in [2.75, 3.05) is 52.4 Å². The Bertz CT molecular complexity index is 190. The molecule has 0 radical (unpaired) electrons. The molecule has 0 aromatic rings. The molecule has 0 atom stereocenters. The molecule has 0 bridgehead atoms. The summed E-state index contributed by atoms with van der Waals surface area (Å²) < 4.78 is 0. The highest BCUT2D eigenvalue weighted by Crippen LogP contribution is 2.04. The van der Waals surface area contributed by atoms with E-state index in [4.69, 9.17) is 0 Å². The van der Waals surface area contributed by atoms with Crippen molar-refractivity contribution in [3.63, 3.8) is 0 Å². The van der Waals surface area contributed by atoms with E-state index in [0.29, 0.717) is 0 Å². The van der Waals surface area contributed by atoms with E-state index in [0.717, 1.165) is 13.1 Å². The quantitative estimate of drug-likeness (QED) is 0.242. The molecule has 0 fully saturated rings. The van der Waals surface area contributed by atoms with Crippen LogP contribution in [0.5, 0.6) is 0 Å². The van der Waals surface area contributed by atoms with Crippen LogP contribution in [0.2, 0.25) is 0 Å². The Morgan fingerprint density at radius 2 is 0.583 bits per heavy atom. The van der Waals surface area contributed by atoms with Crippen molar-refractivity contribution in [3.05, 3.63) is 0 Å². The maximum absolute atomic E-state index is 3.56. The highest BCUT2D eigenvalue weighted by molar-refractivity contribution is 4.54. The summed E-state index contributed by atoms with van der Waals surface area (Å²) in [6.07, 6.45) is 13.5. The Kier molecular flexibility index (Phi) is 22.7. The molecule has 0 aliphatic carbocycles. The Morgan fingerprint density at radius 3 is 0.917 bits per heavy atom. The fourth-order valence-corrected chi connectivity index (χ4v) is 2.81. The lowest BCUT2D eigenvalue weighted by atomic mass is 10.1. The van der Waals surface area contributed by atoms with Gasteiger partial charge in [0, 0.05) is 0 Å². The second-order valence-corrected chi connectivity index (χ2v) is 6.74. The van der Waals surface area contributed by atoms with Crippen molar-refractivity contribution in [2.24, 2.45) is 0 Å². The molecule has 0 saturated carbocycles. The molecule has 146 valence electrons. The summed E-state index contributed by atoms with van der Waals surface area (Å²) in [6, 6.07) is 0. The van der Waals surface area contributed by atoms with Gasteiger partial charge in [-0.15, -0.1) is 0 Å². The van der Waals surface area contributed by atoms with Crippen LogP contribution in [-0.2, 0) is 0 Å². The summed E-state index contributed by atoms with van der Waals surface area (Å²) in [5.41, 5.74) is 0. The normalized spacial score (nSPS) is 11.2. The van der Waals surface area contributed by atoms with Gasteiger partial charge in [0.05, 0.1) is 0 Å². The van der Waals surface area contributed by atoms with Crippen LogP contribution in [0, 0.1) is 0 Å². The van der Waals surface area contributed by atoms with Gasteiger partial charge < -0.3 is 21.3 Å². The van der Waals surface area contributed by atoms with Gasteiger partial charge in [-0.05, 0) is 90.9 Å². The third kappa shape index (κ3) is 21.8. The van der Waals surface area contributed by atoms with Gasteiger partial charge >= 0.3 is 0 Å². The van der Waals surface area contributed by atoms with Crippen LogP contribution in [-0.4, -0.2) is 52.4 Å². The maximum atomic E-state index is 3.56. The van der Waals surface area contributed by atoms with E-state index in [2.05, 4.69) is 35.1 Å². The predicted octanol–water partition coefficient (Wildman–Crippen LogP) is 3.29. The fraction of sp³-hybridized carbons (Fsp3) is 1.00. The molecule has 24 heavy (non-hydrogen) atoms. The Hall–Kier alpha value is -0.160. The minimum Gasteiger partial charge on any atom is -0.317 e. The largest absolute Gasteiger partial charge is 0.317 e. The predicted molar refractivity (Wildman–Crippen MR) is 109 cm³/mol. The first-order valence-corrected chi connectivity index (χ1v) is 10.7. The Balaban J connectivity index is 2.93. The van der Waals surface area contributed by atoms with Crippen molar-refractivity contribution in [3.8, 4) is 0 Å². The van der Waals surface area contributed by atoms with Crippen molar-refractivity contribution in [2.45, 2.75) is 78.1 Å². The average molecular weight is 343 g/mol. The average Bonchev–Trinajstić information content (AvgIpc) is 2.60. The molecule has 0 spiro atoms. The molecule has 0 aliphatic rings. The van der Waals surface area contributed by atoms with Gasteiger partial charge in [-0.1, -0.05) is 39.5 Å². The first-order chi connectivity index (χ1) is 11.9. The molecule has 0 saturated heterocycles. The van der Waals surface area contributed by atoms with Crippen LogP contribution >= 0.6 is 0 Å². The maximum Gasteiger partial charge on any atom is -0.00484 e. The number of hydrogen-bond acceptors (Lipinski definition) is 4. The van der Waals surface area contributed by atoms with Crippen molar-refractivity contribution >= 4 is 0 Å². The topological polar surface area (TPSA) is 48.1 Å². The lowest BCUT2D eigenvalue weighted by molar-refractivity contribution is 0.533. The van der Waals surface area contributed by atoms with E-state index < -0.39 is 0 Å². The third-order valence-electron chi connectivity index (χ3n) is 4.37. The summed E-state index contributed by atoms with van der Waals surface area (Å²) >= 11 is 0. The third-order valence-corrected chi connectivity index (χ3v) is 4.37. The standard InChI is InChI=1S/C20H46N4/c1-3-21-15-11-13-19-23-17-9-7-5-6-8-10-18-24-20-14-12-16-22-4-2/h21-24H,3-20H2,1-2H3. The lowest BCUT2D eigenvalue weighted by Gasteiger charge is -2.06. The monoisotopic (exact) mass is 342 g/mol. The van der Waals surface area contributed by atoms with Gasteiger partial charge in [-0.25, -0.2) is 0 Å². The van der Waals surface area contributed by atoms with Gasteiger partial charge in [0.15, 0.2) is 0 Å². The summed E-state index contributed by atoms with van der Waals surface area (Å²) in [5, 5.41) is 13.9. The number of hydrogen-bond donors (Lipinski definition) is 4. The Morgan fingerprint density at radius 1 is 0.333 bits per heavy atom. The molecule has 0 aliphatic heterocycles. The molecular formula is C20H46N4. The van der Waals surface area contributed by atoms with Crippen LogP contribution in [0.25, 0.3) is 0 Å². The molecule has 0 amide bonds. The highest BCUT2D eigenvalue weighted by Gasteiger charge is 1.93. The van der Waals surface area contributed by atoms with E-state index >= 15 is 0 Å². The van der Waals surface area contributed by atoms with Crippen molar-refractivity contribution in [1.82, 2.24) is 21.3 Å². The van der Waals surface area contributed by atoms with E-state index in [1.165, 1.54) is 103 Å². The van der Waals surface area contributed by atoms with Gasteiger partial charge in [-0.2, -0.15) is 0 Å². The van der Waals surface area contributed by atoms with Gasteiger partial charge in [0.2, 0.25) is 0 Å². The zero-order chi connectivity index (χ0) is 17.6. The molecule has 0 aromatic carbocycles. The van der Waals surface area contributed by atoms with Crippen molar-refractivity contribution < 1.29 is 0 Å². The second kappa shape index (κ2) is 22.8. The molecule has 4 heteroatoms. The lowest BCUT2D eigenvalue weighted by Crippen LogP contribution is -2.19. The smallest absolute Gasteiger partial charge is 0.00484 e. The Labute approximate surface area is 152 Å².